The SMILES string of the molecule is Cc1cc(C)cc(NS(=O)(=O)c2ccc(NC(=O)NC(=O)c3ccc(Cl)cc3Cl)cc2)c1. The van der Waals surface area contributed by atoms with Crippen molar-refractivity contribution < 1.29 is 18.0 Å². The first-order valence-corrected chi connectivity index (χ1v) is 11.6. The molecule has 0 aromatic heterocycles. The first kappa shape index (κ1) is 23.6. The topological polar surface area (TPSA) is 104 Å². The van der Waals surface area contributed by atoms with Gasteiger partial charge in [-0.15, -0.1) is 0 Å². The Balaban J connectivity index is 1.65. The van der Waals surface area contributed by atoms with Gasteiger partial charge in [-0.3, -0.25) is 14.8 Å². The monoisotopic (exact) mass is 491 g/mol. The zero-order chi connectivity index (χ0) is 23.5. The van der Waals surface area contributed by atoms with Crippen LogP contribution in [0.15, 0.2) is 65.6 Å². The molecule has 3 rings (SSSR count). The summed E-state index contributed by atoms with van der Waals surface area (Å²) in [6.45, 7) is 3.75. The predicted octanol–water partition coefficient (Wildman–Crippen LogP) is 5.37. The van der Waals surface area contributed by atoms with Crippen molar-refractivity contribution in [3.05, 3.63) is 87.4 Å². The van der Waals surface area contributed by atoms with Gasteiger partial charge in [-0.25, -0.2) is 13.2 Å². The van der Waals surface area contributed by atoms with Crippen LogP contribution in [-0.2, 0) is 10.0 Å². The summed E-state index contributed by atoms with van der Waals surface area (Å²) >= 11 is 11.8. The summed E-state index contributed by atoms with van der Waals surface area (Å²) < 4.78 is 27.8. The highest BCUT2D eigenvalue weighted by atomic mass is 35.5. The number of sulfonamides is 1. The van der Waals surface area contributed by atoms with Crippen molar-refractivity contribution in [2.45, 2.75) is 18.7 Å². The van der Waals surface area contributed by atoms with E-state index in [1.54, 1.807) is 12.1 Å². The average molecular weight is 492 g/mol. The molecule has 0 aliphatic rings. The van der Waals surface area contributed by atoms with Crippen LogP contribution in [0.2, 0.25) is 10.0 Å². The zero-order valence-electron chi connectivity index (χ0n) is 17.1. The zero-order valence-corrected chi connectivity index (χ0v) is 19.4. The van der Waals surface area contributed by atoms with E-state index in [0.29, 0.717) is 16.4 Å². The third-order valence-electron chi connectivity index (χ3n) is 4.30. The number of hydrogen-bond donors (Lipinski definition) is 3. The fourth-order valence-corrected chi connectivity index (χ4v) is 4.51. The molecule has 0 unspecified atom stereocenters. The Morgan fingerprint density at radius 2 is 1.44 bits per heavy atom. The summed E-state index contributed by atoms with van der Waals surface area (Å²) in [6, 6.07) is 14.4. The molecule has 0 saturated carbocycles. The summed E-state index contributed by atoms with van der Waals surface area (Å²) in [6.07, 6.45) is 0. The van der Waals surface area contributed by atoms with Gasteiger partial charge in [-0.05, 0) is 79.6 Å². The number of nitrogens with one attached hydrogen (secondary N) is 3. The second-order valence-corrected chi connectivity index (χ2v) is 9.56. The lowest BCUT2D eigenvalue weighted by atomic mass is 10.1. The van der Waals surface area contributed by atoms with Crippen molar-refractivity contribution in [2.24, 2.45) is 0 Å². The number of urea groups is 1. The van der Waals surface area contributed by atoms with Crippen molar-refractivity contribution in [1.29, 1.82) is 0 Å². The number of imide groups is 1. The first-order valence-electron chi connectivity index (χ1n) is 9.32. The number of amides is 3. The lowest BCUT2D eigenvalue weighted by Crippen LogP contribution is -2.34. The van der Waals surface area contributed by atoms with E-state index >= 15 is 0 Å². The molecule has 0 atom stereocenters. The van der Waals surface area contributed by atoms with Crippen molar-refractivity contribution >= 4 is 56.5 Å². The van der Waals surface area contributed by atoms with Crippen LogP contribution in [0.4, 0.5) is 16.2 Å². The molecule has 3 N–H and O–H groups in total. The number of anilines is 2. The Labute approximate surface area is 195 Å². The molecule has 0 bridgehead atoms. The number of carbonyl (C=O) groups is 2. The molecule has 0 radical (unpaired) electrons. The molecule has 3 aromatic carbocycles. The van der Waals surface area contributed by atoms with Gasteiger partial charge in [0.2, 0.25) is 0 Å². The van der Waals surface area contributed by atoms with E-state index in [1.807, 2.05) is 19.9 Å². The Hall–Kier alpha value is -3.07. The molecule has 0 aliphatic heterocycles. The van der Waals surface area contributed by atoms with Crippen molar-refractivity contribution in [3.63, 3.8) is 0 Å². The molecule has 166 valence electrons. The number of aryl methyl sites for hydroxylation is 2. The highest BCUT2D eigenvalue weighted by Gasteiger charge is 2.16. The van der Waals surface area contributed by atoms with Crippen molar-refractivity contribution in [2.75, 3.05) is 10.0 Å². The minimum Gasteiger partial charge on any atom is -0.308 e. The summed E-state index contributed by atoms with van der Waals surface area (Å²) in [4.78, 5) is 24.3. The molecule has 0 saturated heterocycles. The smallest absolute Gasteiger partial charge is 0.308 e. The van der Waals surface area contributed by atoms with Gasteiger partial charge in [0.15, 0.2) is 0 Å². The average Bonchev–Trinajstić information content (AvgIpc) is 2.67. The minimum absolute atomic E-state index is 0.0200. The first-order chi connectivity index (χ1) is 15.0. The largest absolute Gasteiger partial charge is 0.326 e. The number of hydrogen-bond acceptors (Lipinski definition) is 4. The standard InChI is InChI=1S/C22H19Cl2N3O4S/c1-13-9-14(2)11-17(10-13)27-32(30,31)18-6-4-16(5-7-18)25-22(29)26-21(28)19-8-3-15(23)12-20(19)24/h3-12,27H,1-2H3,(H2,25,26,28,29). The summed E-state index contributed by atoms with van der Waals surface area (Å²) in [5.74, 6) is -0.707. The number of rotatable bonds is 5. The van der Waals surface area contributed by atoms with Gasteiger partial charge < -0.3 is 5.32 Å². The van der Waals surface area contributed by atoms with Gasteiger partial charge in [0.25, 0.3) is 15.9 Å². The minimum atomic E-state index is -3.81. The normalized spacial score (nSPS) is 11.0. The number of benzene rings is 3. The summed E-state index contributed by atoms with van der Waals surface area (Å²) in [5, 5.41) is 5.07. The number of carbonyl (C=O) groups excluding carboxylic acids is 2. The predicted molar refractivity (Wildman–Crippen MR) is 126 cm³/mol. The molecule has 7 nitrogen and oxygen atoms in total. The van der Waals surface area contributed by atoms with E-state index in [9.17, 15) is 18.0 Å². The molecule has 32 heavy (non-hydrogen) atoms. The third-order valence-corrected chi connectivity index (χ3v) is 6.24. The van der Waals surface area contributed by atoms with E-state index in [-0.39, 0.29) is 15.5 Å². The molecular formula is C22H19Cl2N3O4S. The Kier molecular flexibility index (Phi) is 7.08. The van der Waals surface area contributed by atoms with Gasteiger partial charge in [-0.2, -0.15) is 0 Å². The molecule has 0 aliphatic carbocycles. The van der Waals surface area contributed by atoms with Crippen LogP contribution < -0.4 is 15.4 Å². The maximum absolute atomic E-state index is 12.6. The van der Waals surface area contributed by atoms with Crippen LogP contribution in [0.1, 0.15) is 21.5 Å². The summed E-state index contributed by atoms with van der Waals surface area (Å²) in [5.41, 5.74) is 2.71. The van der Waals surface area contributed by atoms with Crippen LogP contribution in [0, 0.1) is 13.8 Å². The van der Waals surface area contributed by atoms with Crippen molar-refractivity contribution in [3.8, 4) is 0 Å². The maximum Gasteiger partial charge on any atom is 0.326 e. The second kappa shape index (κ2) is 9.60. The molecular weight excluding hydrogens is 473 g/mol. The van der Waals surface area contributed by atoms with E-state index in [4.69, 9.17) is 23.2 Å². The van der Waals surface area contributed by atoms with E-state index in [2.05, 4.69) is 15.4 Å². The lowest BCUT2D eigenvalue weighted by Gasteiger charge is -2.11. The lowest BCUT2D eigenvalue weighted by molar-refractivity contribution is 0.0967. The van der Waals surface area contributed by atoms with Crippen LogP contribution in [0.5, 0.6) is 0 Å². The second-order valence-electron chi connectivity index (χ2n) is 7.04. The Morgan fingerprint density at radius 3 is 2.03 bits per heavy atom. The van der Waals surface area contributed by atoms with E-state index in [1.165, 1.54) is 42.5 Å². The fraction of sp³-hybridized carbons (Fsp3) is 0.0909. The molecule has 3 amide bonds. The number of halogens is 2. The van der Waals surface area contributed by atoms with Crippen molar-refractivity contribution in [1.82, 2.24) is 5.32 Å². The van der Waals surface area contributed by atoms with Gasteiger partial charge in [0.1, 0.15) is 0 Å². The molecule has 0 spiro atoms. The summed E-state index contributed by atoms with van der Waals surface area (Å²) in [7, 11) is -3.81. The van der Waals surface area contributed by atoms with E-state index in [0.717, 1.165) is 11.1 Å². The molecule has 0 fully saturated rings. The van der Waals surface area contributed by atoms with Crippen LogP contribution in [0.25, 0.3) is 0 Å². The fourth-order valence-electron chi connectivity index (χ4n) is 2.97. The van der Waals surface area contributed by atoms with E-state index < -0.39 is 22.0 Å². The van der Waals surface area contributed by atoms with Crippen LogP contribution in [-0.4, -0.2) is 20.4 Å². The van der Waals surface area contributed by atoms with Gasteiger partial charge in [0.05, 0.1) is 15.5 Å². The molecule has 3 aromatic rings. The quantitative estimate of drug-likeness (QED) is 0.445. The van der Waals surface area contributed by atoms with Gasteiger partial charge in [-0.1, -0.05) is 29.3 Å². The Morgan fingerprint density at radius 1 is 0.812 bits per heavy atom. The highest BCUT2D eigenvalue weighted by Crippen LogP contribution is 2.22. The van der Waals surface area contributed by atoms with Gasteiger partial charge >= 0.3 is 6.03 Å². The van der Waals surface area contributed by atoms with Crippen LogP contribution >= 0.6 is 23.2 Å². The van der Waals surface area contributed by atoms with Gasteiger partial charge in [0, 0.05) is 16.4 Å². The highest BCUT2D eigenvalue weighted by molar-refractivity contribution is 7.92. The third kappa shape index (κ3) is 6.00. The Bertz CT molecular complexity index is 1270. The molecule has 10 heteroatoms. The maximum atomic E-state index is 12.6. The molecule has 0 heterocycles. The van der Waals surface area contributed by atoms with Crippen LogP contribution in [0.3, 0.4) is 0 Å².